The minimum absolute atomic E-state index is 0.0315. The van der Waals surface area contributed by atoms with Gasteiger partial charge in [0.1, 0.15) is 5.75 Å². The van der Waals surface area contributed by atoms with E-state index in [-0.39, 0.29) is 11.7 Å². The molecule has 2 aromatic carbocycles. The first-order valence-electron chi connectivity index (χ1n) is 6.25. The number of carbonyl (C=O) groups is 1. The molecule has 0 radical (unpaired) electrons. The lowest BCUT2D eigenvalue weighted by atomic mass is 10.1. The van der Waals surface area contributed by atoms with Crippen molar-refractivity contribution in [3.05, 3.63) is 65.7 Å². The standard InChI is InChI=1S/C16H17NO2/c1-17(12-11-13-5-3-2-4-6-13)16(19)14-7-9-15(18)10-8-14/h2-10,18H,11-12H2,1H3. The van der Waals surface area contributed by atoms with Gasteiger partial charge in [0.05, 0.1) is 0 Å². The minimum Gasteiger partial charge on any atom is -0.508 e. The van der Waals surface area contributed by atoms with Gasteiger partial charge in [-0.1, -0.05) is 30.3 Å². The van der Waals surface area contributed by atoms with E-state index in [4.69, 9.17) is 0 Å². The highest BCUT2D eigenvalue weighted by Gasteiger charge is 2.11. The zero-order chi connectivity index (χ0) is 13.7. The summed E-state index contributed by atoms with van der Waals surface area (Å²) in [6, 6.07) is 16.4. The smallest absolute Gasteiger partial charge is 0.253 e. The fraction of sp³-hybridized carbons (Fsp3) is 0.188. The summed E-state index contributed by atoms with van der Waals surface area (Å²) < 4.78 is 0. The van der Waals surface area contributed by atoms with Gasteiger partial charge in [0.25, 0.3) is 5.91 Å². The molecule has 0 aliphatic rings. The Morgan fingerprint density at radius 2 is 1.68 bits per heavy atom. The number of carbonyl (C=O) groups excluding carboxylic acids is 1. The van der Waals surface area contributed by atoms with E-state index in [0.717, 1.165) is 6.42 Å². The molecule has 0 atom stereocenters. The Hall–Kier alpha value is -2.29. The Balaban J connectivity index is 1.94. The highest BCUT2D eigenvalue weighted by Crippen LogP contribution is 2.11. The summed E-state index contributed by atoms with van der Waals surface area (Å²) in [6.45, 7) is 0.670. The van der Waals surface area contributed by atoms with Crippen molar-refractivity contribution in [2.75, 3.05) is 13.6 Å². The molecule has 0 spiro atoms. The minimum atomic E-state index is -0.0315. The normalized spacial score (nSPS) is 10.2. The first-order chi connectivity index (χ1) is 9.16. The van der Waals surface area contributed by atoms with Crippen LogP contribution in [0.15, 0.2) is 54.6 Å². The van der Waals surface area contributed by atoms with Crippen LogP contribution in [0.25, 0.3) is 0 Å². The molecule has 2 aromatic rings. The zero-order valence-corrected chi connectivity index (χ0v) is 10.9. The van der Waals surface area contributed by atoms with Gasteiger partial charge in [-0.15, -0.1) is 0 Å². The molecular formula is C16H17NO2. The number of benzene rings is 2. The second-order valence-electron chi connectivity index (χ2n) is 4.51. The van der Waals surface area contributed by atoms with Crippen molar-refractivity contribution >= 4 is 5.91 Å². The number of phenolic OH excluding ortho intramolecular Hbond substituents is 1. The van der Waals surface area contributed by atoms with Crippen LogP contribution in [0, 0.1) is 0 Å². The predicted octanol–water partition coefficient (Wildman–Crippen LogP) is 2.71. The van der Waals surface area contributed by atoms with E-state index in [0.29, 0.717) is 12.1 Å². The van der Waals surface area contributed by atoms with Crippen LogP contribution in [-0.4, -0.2) is 29.5 Å². The molecule has 98 valence electrons. The molecule has 0 unspecified atom stereocenters. The summed E-state index contributed by atoms with van der Waals surface area (Å²) in [5.41, 5.74) is 1.81. The third-order valence-corrected chi connectivity index (χ3v) is 3.04. The predicted molar refractivity (Wildman–Crippen MR) is 75.2 cm³/mol. The molecule has 3 nitrogen and oxygen atoms in total. The first-order valence-corrected chi connectivity index (χ1v) is 6.25. The van der Waals surface area contributed by atoms with Crippen LogP contribution >= 0.6 is 0 Å². The molecule has 0 saturated heterocycles. The summed E-state index contributed by atoms with van der Waals surface area (Å²) in [4.78, 5) is 13.8. The molecule has 19 heavy (non-hydrogen) atoms. The number of hydrogen-bond donors (Lipinski definition) is 1. The maximum Gasteiger partial charge on any atom is 0.253 e. The van der Waals surface area contributed by atoms with Crippen LogP contribution in [0.1, 0.15) is 15.9 Å². The SMILES string of the molecule is CN(CCc1ccccc1)C(=O)c1ccc(O)cc1. The number of aromatic hydroxyl groups is 1. The molecule has 3 heteroatoms. The third kappa shape index (κ3) is 3.58. The zero-order valence-electron chi connectivity index (χ0n) is 10.9. The van der Waals surface area contributed by atoms with Crippen LogP contribution in [0.2, 0.25) is 0 Å². The Kier molecular flexibility index (Phi) is 4.18. The van der Waals surface area contributed by atoms with Crippen LogP contribution in [-0.2, 0) is 6.42 Å². The van der Waals surface area contributed by atoms with Gasteiger partial charge in [-0.3, -0.25) is 4.79 Å². The highest BCUT2D eigenvalue weighted by molar-refractivity contribution is 5.94. The van der Waals surface area contributed by atoms with Gasteiger partial charge in [-0.2, -0.15) is 0 Å². The maximum atomic E-state index is 12.1. The van der Waals surface area contributed by atoms with Crippen molar-refractivity contribution in [1.29, 1.82) is 0 Å². The lowest BCUT2D eigenvalue weighted by molar-refractivity contribution is 0.0796. The van der Waals surface area contributed by atoms with Gasteiger partial charge in [0.2, 0.25) is 0 Å². The lowest BCUT2D eigenvalue weighted by Crippen LogP contribution is -2.28. The molecule has 0 aromatic heterocycles. The Morgan fingerprint density at radius 1 is 1.05 bits per heavy atom. The Morgan fingerprint density at radius 3 is 2.32 bits per heavy atom. The van der Waals surface area contributed by atoms with Crippen molar-refractivity contribution in [2.24, 2.45) is 0 Å². The average Bonchev–Trinajstić information content (AvgIpc) is 2.46. The second kappa shape index (κ2) is 6.05. The van der Waals surface area contributed by atoms with Crippen molar-refractivity contribution < 1.29 is 9.90 Å². The number of nitrogens with zero attached hydrogens (tertiary/aromatic N) is 1. The number of hydrogen-bond acceptors (Lipinski definition) is 2. The lowest BCUT2D eigenvalue weighted by Gasteiger charge is -2.17. The second-order valence-corrected chi connectivity index (χ2v) is 4.51. The number of amides is 1. The molecule has 1 N–H and O–H groups in total. The van der Waals surface area contributed by atoms with Crippen LogP contribution < -0.4 is 0 Å². The summed E-state index contributed by atoms with van der Waals surface area (Å²) in [6.07, 6.45) is 0.834. The molecule has 0 bridgehead atoms. The molecule has 2 rings (SSSR count). The van der Waals surface area contributed by atoms with Crippen molar-refractivity contribution in [2.45, 2.75) is 6.42 Å². The van der Waals surface area contributed by atoms with Crippen LogP contribution in [0.5, 0.6) is 5.75 Å². The topological polar surface area (TPSA) is 40.5 Å². The highest BCUT2D eigenvalue weighted by atomic mass is 16.3. The largest absolute Gasteiger partial charge is 0.508 e. The summed E-state index contributed by atoms with van der Waals surface area (Å²) >= 11 is 0. The van der Waals surface area contributed by atoms with Gasteiger partial charge in [0.15, 0.2) is 0 Å². The number of phenols is 1. The van der Waals surface area contributed by atoms with E-state index >= 15 is 0 Å². The molecule has 0 aliphatic heterocycles. The quantitative estimate of drug-likeness (QED) is 0.912. The van der Waals surface area contributed by atoms with E-state index in [2.05, 4.69) is 12.1 Å². The van der Waals surface area contributed by atoms with E-state index in [1.165, 1.54) is 17.7 Å². The maximum absolute atomic E-state index is 12.1. The number of likely N-dealkylation sites (N-methyl/N-ethyl adjacent to an activating group) is 1. The van der Waals surface area contributed by atoms with E-state index in [1.54, 1.807) is 24.1 Å². The third-order valence-electron chi connectivity index (χ3n) is 3.04. The fourth-order valence-electron chi connectivity index (χ4n) is 1.87. The van der Waals surface area contributed by atoms with Gasteiger partial charge in [-0.05, 0) is 36.2 Å². The molecule has 0 fully saturated rings. The van der Waals surface area contributed by atoms with Crippen molar-refractivity contribution in [3.8, 4) is 5.75 Å². The molecular weight excluding hydrogens is 238 g/mol. The van der Waals surface area contributed by atoms with Gasteiger partial charge in [-0.25, -0.2) is 0 Å². The van der Waals surface area contributed by atoms with Crippen molar-refractivity contribution in [3.63, 3.8) is 0 Å². The van der Waals surface area contributed by atoms with Crippen LogP contribution in [0.4, 0.5) is 0 Å². The van der Waals surface area contributed by atoms with Gasteiger partial charge < -0.3 is 10.0 Å². The average molecular weight is 255 g/mol. The molecule has 1 amide bonds. The number of rotatable bonds is 4. The molecule has 0 heterocycles. The summed E-state index contributed by atoms with van der Waals surface area (Å²) in [5, 5.41) is 9.20. The van der Waals surface area contributed by atoms with Crippen LogP contribution in [0.3, 0.4) is 0 Å². The van der Waals surface area contributed by atoms with Gasteiger partial charge in [0, 0.05) is 19.2 Å². The Bertz CT molecular complexity index is 534. The molecule has 0 aliphatic carbocycles. The van der Waals surface area contributed by atoms with Gasteiger partial charge >= 0.3 is 0 Å². The van der Waals surface area contributed by atoms with E-state index in [1.807, 2.05) is 18.2 Å². The first kappa shape index (κ1) is 13.1. The summed E-state index contributed by atoms with van der Waals surface area (Å²) in [5.74, 6) is 0.138. The summed E-state index contributed by atoms with van der Waals surface area (Å²) in [7, 11) is 1.79. The molecule has 0 saturated carbocycles. The fourth-order valence-corrected chi connectivity index (χ4v) is 1.87. The van der Waals surface area contributed by atoms with E-state index in [9.17, 15) is 9.90 Å². The monoisotopic (exact) mass is 255 g/mol. The van der Waals surface area contributed by atoms with Crippen molar-refractivity contribution in [1.82, 2.24) is 4.90 Å². The van der Waals surface area contributed by atoms with E-state index < -0.39 is 0 Å². The Labute approximate surface area is 113 Å².